The lowest BCUT2D eigenvalue weighted by Gasteiger charge is -2.18. The smallest absolute Gasteiger partial charge is 0.337 e. The second kappa shape index (κ2) is 6.11. The van der Waals surface area contributed by atoms with Crippen molar-refractivity contribution < 1.29 is 14.7 Å². The minimum atomic E-state index is -1.09. The van der Waals surface area contributed by atoms with E-state index < -0.39 is 5.97 Å². The number of carbonyl (C=O) groups excluding carboxylic acids is 1. The van der Waals surface area contributed by atoms with Crippen LogP contribution >= 0.6 is 0 Å². The third-order valence-electron chi connectivity index (χ3n) is 2.65. The van der Waals surface area contributed by atoms with Crippen molar-refractivity contribution in [3.05, 3.63) is 24.0 Å². The van der Waals surface area contributed by atoms with Gasteiger partial charge in [0.1, 0.15) is 0 Å². The number of nitrogens with two attached hydrogens (primary N) is 1. The summed E-state index contributed by atoms with van der Waals surface area (Å²) in [6.07, 6.45) is 2.62. The van der Waals surface area contributed by atoms with E-state index in [0.29, 0.717) is 5.69 Å². The number of aromatic nitrogens is 1. The van der Waals surface area contributed by atoms with Crippen LogP contribution in [0.4, 0.5) is 5.69 Å². The Morgan fingerprint density at radius 2 is 2.11 bits per heavy atom. The van der Waals surface area contributed by atoms with Crippen LogP contribution in [0.3, 0.4) is 0 Å². The van der Waals surface area contributed by atoms with Crippen molar-refractivity contribution >= 4 is 17.6 Å². The second-order valence-electron chi connectivity index (χ2n) is 4.34. The summed E-state index contributed by atoms with van der Waals surface area (Å²) < 4.78 is 0. The highest BCUT2D eigenvalue weighted by molar-refractivity contribution is 5.94. The summed E-state index contributed by atoms with van der Waals surface area (Å²) in [6.45, 7) is 4.06. The molecular weight excluding hydrogens is 234 g/mol. The number of nitrogens with one attached hydrogen (secondary N) is 1. The van der Waals surface area contributed by atoms with E-state index in [0.717, 1.165) is 0 Å². The fourth-order valence-corrected chi connectivity index (χ4v) is 1.54. The van der Waals surface area contributed by atoms with Crippen LogP contribution in [-0.4, -0.2) is 28.5 Å². The van der Waals surface area contributed by atoms with E-state index in [1.165, 1.54) is 18.5 Å². The molecule has 0 radical (unpaired) electrons. The lowest BCUT2D eigenvalue weighted by molar-refractivity contribution is -0.120. The summed E-state index contributed by atoms with van der Waals surface area (Å²) in [7, 11) is 0. The van der Waals surface area contributed by atoms with Crippen LogP contribution < -0.4 is 11.1 Å². The van der Waals surface area contributed by atoms with Gasteiger partial charge in [-0.15, -0.1) is 0 Å². The van der Waals surface area contributed by atoms with Crippen LogP contribution in [0, 0.1) is 11.8 Å². The highest BCUT2D eigenvalue weighted by atomic mass is 16.4. The van der Waals surface area contributed by atoms with E-state index >= 15 is 0 Å². The Labute approximate surface area is 105 Å². The van der Waals surface area contributed by atoms with Crippen molar-refractivity contribution in [2.45, 2.75) is 13.8 Å². The number of aromatic carboxylic acids is 1. The van der Waals surface area contributed by atoms with E-state index in [4.69, 9.17) is 10.8 Å². The first kappa shape index (κ1) is 14.1. The summed E-state index contributed by atoms with van der Waals surface area (Å²) in [5.74, 6) is -1.50. The molecule has 0 saturated heterocycles. The van der Waals surface area contributed by atoms with Crippen molar-refractivity contribution in [1.29, 1.82) is 0 Å². The summed E-state index contributed by atoms with van der Waals surface area (Å²) in [5, 5.41) is 11.4. The maximum Gasteiger partial charge on any atom is 0.337 e. The van der Waals surface area contributed by atoms with Crippen LogP contribution in [0.5, 0.6) is 0 Å². The van der Waals surface area contributed by atoms with Gasteiger partial charge in [-0.25, -0.2) is 4.79 Å². The molecule has 98 valence electrons. The molecule has 1 atom stereocenters. The summed E-state index contributed by atoms with van der Waals surface area (Å²) in [6, 6.07) is 1.36. The number of rotatable bonds is 5. The molecule has 0 aromatic carbocycles. The van der Waals surface area contributed by atoms with Crippen LogP contribution in [0.1, 0.15) is 24.2 Å². The maximum absolute atomic E-state index is 11.9. The number of carboxylic acids is 1. The molecule has 0 bridgehead atoms. The zero-order valence-electron chi connectivity index (χ0n) is 10.4. The first-order valence-electron chi connectivity index (χ1n) is 5.65. The van der Waals surface area contributed by atoms with Crippen molar-refractivity contribution in [3.8, 4) is 0 Å². The second-order valence-corrected chi connectivity index (χ2v) is 4.34. The highest BCUT2D eigenvalue weighted by Crippen LogP contribution is 2.14. The van der Waals surface area contributed by atoms with Gasteiger partial charge in [0.15, 0.2) is 0 Å². The molecule has 0 aliphatic carbocycles. The SMILES string of the molecule is CC(C)C(CN)C(=O)Nc1cncc(C(=O)O)c1. The number of carboxylic acid groups (broad SMARTS) is 1. The monoisotopic (exact) mass is 251 g/mol. The van der Waals surface area contributed by atoms with Crippen molar-refractivity contribution in [2.24, 2.45) is 17.6 Å². The zero-order valence-corrected chi connectivity index (χ0v) is 10.4. The summed E-state index contributed by atoms with van der Waals surface area (Å²) in [4.78, 5) is 26.4. The molecule has 4 N–H and O–H groups in total. The Morgan fingerprint density at radius 3 is 2.61 bits per heavy atom. The van der Waals surface area contributed by atoms with Gasteiger partial charge in [-0.2, -0.15) is 0 Å². The maximum atomic E-state index is 11.9. The minimum Gasteiger partial charge on any atom is -0.478 e. The van der Waals surface area contributed by atoms with E-state index in [2.05, 4.69) is 10.3 Å². The molecule has 6 nitrogen and oxygen atoms in total. The molecule has 18 heavy (non-hydrogen) atoms. The molecule has 0 fully saturated rings. The van der Waals surface area contributed by atoms with Crippen molar-refractivity contribution in [2.75, 3.05) is 11.9 Å². The number of amides is 1. The normalized spacial score (nSPS) is 12.2. The predicted molar refractivity (Wildman–Crippen MR) is 67.2 cm³/mol. The standard InChI is InChI=1S/C12H17N3O3/c1-7(2)10(4-13)11(16)15-9-3-8(12(17)18)5-14-6-9/h3,5-7,10H,4,13H2,1-2H3,(H,15,16)(H,17,18). The summed E-state index contributed by atoms with van der Waals surface area (Å²) >= 11 is 0. The van der Waals surface area contributed by atoms with Gasteiger partial charge in [0, 0.05) is 12.7 Å². The first-order valence-corrected chi connectivity index (χ1v) is 5.65. The van der Waals surface area contributed by atoms with Gasteiger partial charge >= 0.3 is 5.97 Å². The van der Waals surface area contributed by atoms with E-state index in [9.17, 15) is 9.59 Å². The van der Waals surface area contributed by atoms with E-state index in [1.807, 2.05) is 13.8 Å². The zero-order chi connectivity index (χ0) is 13.7. The van der Waals surface area contributed by atoms with Gasteiger partial charge < -0.3 is 16.2 Å². The molecular formula is C12H17N3O3. The molecule has 1 aromatic heterocycles. The Morgan fingerprint density at radius 1 is 1.44 bits per heavy atom. The van der Waals surface area contributed by atoms with Gasteiger partial charge in [0.25, 0.3) is 0 Å². The Bertz CT molecular complexity index is 446. The Kier molecular flexibility index (Phi) is 4.79. The van der Waals surface area contributed by atoms with Crippen molar-refractivity contribution in [1.82, 2.24) is 4.98 Å². The molecule has 1 aromatic rings. The minimum absolute atomic E-state index is 0.0293. The third kappa shape index (κ3) is 3.53. The van der Waals surface area contributed by atoms with Crippen LogP contribution in [0.2, 0.25) is 0 Å². The fourth-order valence-electron chi connectivity index (χ4n) is 1.54. The van der Waals surface area contributed by atoms with Gasteiger partial charge in [-0.05, 0) is 12.0 Å². The van der Waals surface area contributed by atoms with Gasteiger partial charge in [0.05, 0.1) is 23.4 Å². The number of anilines is 1. The fraction of sp³-hybridized carbons (Fsp3) is 0.417. The van der Waals surface area contributed by atoms with Crippen LogP contribution in [-0.2, 0) is 4.79 Å². The van der Waals surface area contributed by atoms with E-state index in [1.54, 1.807) is 0 Å². The molecule has 1 amide bonds. The average molecular weight is 251 g/mol. The summed E-state index contributed by atoms with van der Waals surface area (Å²) in [5.41, 5.74) is 5.93. The molecule has 0 aliphatic heterocycles. The van der Waals surface area contributed by atoms with Crippen molar-refractivity contribution in [3.63, 3.8) is 0 Å². The first-order chi connectivity index (χ1) is 8.45. The molecule has 0 saturated carbocycles. The van der Waals surface area contributed by atoms with E-state index in [-0.39, 0.29) is 29.9 Å². The largest absolute Gasteiger partial charge is 0.478 e. The molecule has 1 rings (SSSR count). The number of hydrogen-bond donors (Lipinski definition) is 3. The Balaban J connectivity index is 2.81. The number of nitrogens with zero attached hydrogens (tertiary/aromatic N) is 1. The average Bonchev–Trinajstić information content (AvgIpc) is 2.29. The van der Waals surface area contributed by atoms with Gasteiger partial charge in [0.2, 0.25) is 5.91 Å². The lowest BCUT2D eigenvalue weighted by Crippen LogP contribution is -2.33. The van der Waals surface area contributed by atoms with Gasteiger partial charge in [-0.3, -0.25) is 9.78 Å². The van der Waals surface area contributed by atoms with Crippen LogP contribution in [0.25, 0.3) is 0 Å². The topological polar surface area (TPSA) is 105 Å². The third-order valence-corrected chi connectivity index (χ3v) is 2.65. The number of carbonyl (C=O) groups is 2. The number of pyridine rings is 1. The molecule has 6 heteroatoms. The number of hydrogen-bond acceptors (Lipinski definition) is 4. The van der Waals surface area contributed by atoms with Gasteiger partial charge in [-0.1, -0.05) is 13.8 Å². The quantitative estimate of drug-likeness (QED) is 0.722. The molecule has 1 heterocycles. The predicted octanol–water partition coefficient (Wildman–Crippen LogP) is 0.949. The Hall–Kier alpha value is -1.95. The van der Waals surface area contributed by atoms with Crippen LogP contribution in [0.15, 0.2) is 18.5 Å². The molecule has 0 spiro atoms. The highest BCUT2D eigenvalue weighted by Gasteiger charge is 2.20. The molecule has 0 aliphatic rings. The molecule has 1 unspecified atom stereocenters. The lowest BCUT2D eigenvalue weighted by atomic mass is 9.95.